The minimum absolute atomic E-state index is 0. The number of rotatable bonds is 2. The molecule has 0 saturated heterocycles. The summed E-state index contributed by atoms with van der Waals surface area (Å²) in [6, 6.07) is 7.99. The highest BCUT2D eigenvalue weighted by Gasteiger charge is 1.94. The maximum absolute atomic E-state index is 7.02. The van der Waals surface area contributed by atoms with Gasteiger partial charge in [-0.1, -0.05) is 39.8 Å². The van der Waals surface area contributed by atoms with Crippen LogP contribution >= 0.6 is 44.7 Å². The Morgan fingerprint density at radius 3 is 2.38 bits per heavy atom. The van der Waals surface area contributed by atoms with E-state index in [0.29, 0.717) is 0 Å². The van der Waals surface area contributed by atoms with Crippen molar-refractivity contribution in [1.82, 2.24) is 0 Å². The van der Waals surface area contributed by atoms with Gasteiger partial charge in [0.15, 0.2) is 5.17 Å². The number of hydrogen-bond donors (Lipinski definition) is 2. The van der Waals surface area contributed by atoms with Crippen molar-refractivity contribution in [3.8, 4) is 0 Å². The largest absolute Gasteiger partial charge is 0.379 e. The van der Waals surface area contributed by atoms with E-state index in [2.05, 4.69) is 15.9 Å². The topological polar surface area (TPSA) is 49.9 Å². The second kappa shape index (κ2) is 6.45. The van der Waals surface area contributed by atoms with Crippen molar-refractivity contribution in [2.45, 2.75) is 5.75 Å². The lowest BCUT2D eigenvalue weighted by molar-refractivity contribution is 1.41. The molecule has 5 heteroatoms. The molecule has 0 aliphatic carbocycles. The number of thioether (sulfide) groups is 1. The normalized spacial score (nSPS) is 9.00. The van der Waals surface area contributed by atoms with Crippen LogP contribution in [0.25, 0.3) is 0 Å². The molecule has 13 heavy (non-hydrogen) atoms. The fourth-order valence-electron chi connectivity index (χ4n) is 0.742. The second-order valence-electron chi connectivity index (χ2n) is 2.28. The molecule has 0 atom stereocenters. The third-order valence-corrected chi connectivity index (χ3v) is 2.62. The lowest BCUT2D eigenvalue weighted by Gasteiger charge is -1.99. The monoisotopic (exact) mass is 324 g/mol. The predicted octanol–water partition coefficient (Wildman–Crippen LogP) is 3.15. The Hall–Kier alpha value is -0.000000000000000111. The third kappa shape index (κ3) is 5.33. The van der Waals surface area contributed by atoms with Gasteiger partial charge in [0.2, 0.25) is 0 Å². The van der Waals surface area contributed by atoms with E-state index in [-0.39, 0.29) is 22.1 Å². The molecule has 0 fully saturated rings. The van der Waals surface area contributed by atoms with E-state index in [1.165, 1.54) is 17.3 Å². The lowest BCUT2D eigenvalue weighted by atomic mass is 10.2. The van der Waals surface area contributed by atoms with Gasteiger partial charge in [-0.05, 0) is 17.7 Å². The molecule has 0 bridgehead atoms. The van der Waals surface area contributed by atoms with Crippen molar-refractivity contribution < 1.29 is 0 Å². The molecular weight excluding hydrogens is 316 g/mol. The molecule has 0 amide bonds. The fourth-order valence-corrected chi connectivity index (χ4v) is 1.52. The number of nitrogens with two attached hydrogens (primary N) is 1. The van der Waals surface area contributed by atoms with Crippen LogP contribution in [0.2, 0.25) is 0 Å². The Kier molecular flexibility index (Phi) is 6.45. The predicted molar refractivity (Wildman–Crippen MR) is 67.7 cm³/mol. The average molecular weight is 326 g/mol. The molecule has 72 valence electrons. The maximum Gasteiger partial charge on any atom is 0.151 e. The van der Waals surface area contributed by atoms with Crippen molar-refractivity contribution in [3.63, 3.8) is 0 Å². The number of hydrogen-bond acceptors (Lipinski definition) is 2. The van der Waals surface area contributed by atoms with Crippen LogP contribution in [0.1, 0.15) is 5.56 Å². The first-order valence-electron chi connectivity index (χ1n) is 3.40. The van der Waals surface area contributed by atoms with E-state index in [4.69, 9.17) is 11.1 Å². The van der Waals surface area contributed by atoms with Crippen LogP contribution in [0.3, 0.4) is 0 Å². The van der Waals surface area contributed by atoms with Gasteiger partial charge in [-0.25, -0.2) is 0 Å². The lowest BCUT2D eigenvalue weighted by Crippen LogP contribution is -2.03. The summed E-state index contributed by atoms with van der Waals surface area (Å²) in [6.45, 7) is 0. The first-order chi connectivity index (χ1) is 5.68. The zero-order chi connectivity index (χ0) is 8.97. The highest BCUT2D eigenvalue weighted by atomic mass is 79.9. The van der Waals surface area contributed by atoms with Crippen molar-refractivity contribution in [3.05, 3.63) is 34.3 Å². The molecule has 1 aromatic carbocycles. The summed E-state index contributed by atoms with van der Waals surface area (Å²) in [7, 11) is 0. The summed E-state index contributed by atoms with van der Waals surface area (Å²) in [4.78, 5) is 0. The molecule has 0 unspecified atom stereocenters. The molecule has 1 rings (SSSR count). The van der Waals surface area contributed by atoms with Gasteiger partial charge in [-0.2, -0.15) is 0 Å². The molecule has 0 aliphatic heterocycles. The van der Waals surface area contributed by atoms with E-state index < -0.39 is 0 Å². The first-order valence-corrected chi connectivity index (χ1v) is 5.17. The highest BCUT2D eigenvalue weighted by Crippen LogP contribution is 2.15. The summed E-state index contributed by atoms with van der Waals surface area (Å²) in [5, 5.41) is 7.18. The molecule has 2 nitrogen and oxygen atoms in total. The van der Waals surface area contributed by atoms with Gasteiger partial charge in [-0.15, -0.1) is 17.0 Å². The van der Waals surface area contributed by atoms with Crippen LogP contribution in [0.15, 0.2) is 28.7 Å². The smallest absolute Gasteiger partial charge is 0.151 e. The standard InChI is InChI=1S/C8H9BrN2S.BrH/c9-7-3-1-6(2-4-7)5-12-8(10)11;/h1-4H,5H2,(H3,10,11);1H. The van der Waals surface area contributed by atoms with Crippen LogP contribution in [0.4, 0.5) is 0 Å². The summed E-state index contributed by atoms with van der Waals surface area (Å²) in [6.07, 6.45) is 0. The van der Waals surface area contributed by atoms with Crippen molar-refractivity contribution >= 4 is 49.8 Å². The van der Waals surface area contributed by atoms with Crippen molar-refractivity contribution in [2.75, 3.05) is 0 Å². The van der Waals surface area contributed by atoms with Gasteiger partial charge in [0.25, 0.3) is 0 Å². The van der Waals surface area contributed by atoms with E-state index >= 15 is 0 Å². The second-order valence-corrected chi connectivity index (χ2v) is 4.21. The summed E-state index contributed by atoms with van der Waals surface area (Å²) in [5.74, 6) is 0.766. The Labute approximate surface area is 101 Å². The van der Waals surface area contributed by atoms with Gasteiger partial charge in [-0.3, -0.25) is 5.41 Å². The van der Waals surface area contributed by atoms with Gasteiger partial charge in [0.1, 0.15) is 0 Å². The van der Waals surface area contributed by atoms with Crippen LogP contribution in [0.5, 0.6) is 0 Å². The van der Waals surface area contributed by atoms with Gasteiger partial charge in [0.05, 0.1) is 0 Å². The molecule has 0 saturated carbocycles. The zero-order valence-corrected chi connectivity index (χ0v) is 10.9. The number of nitrogens with one attached hydrogen (secondary N) is 1. The molecule has 0 spiro atoms. The van der Waals surface area contributed by atoms with E-state index in [0.717, 1.165) is 10.2 Å². The van der Waals surface area contributed by atoms with E-state index in [1.807, 2.05) is 24.3 Å². The highest BCUT2D eigenvalue weighted by molar-refractivity contribution is 9.10. The van der Waals surface area contributed by atoms with Crippen LogP contribution in [-0.2, 0) is 5.75 Å². The number of halogens is 2. The van der Waals surface area contributed by atoms with E-state index in [9.17, 15) is 0 Å². The van der Waals surface area contributed by atoms with E-state index in [1.54, 1.807) is 0 Å². The van der Waals surface area contributed by atoms with Crippen LogP contribution in [-0.4, -0.2) is 5.17 Å². The molecule has 1 aromatic rings. The Balaban J connectivity index is 0.00000144. The van der Waals surface area contributed by atoms with Crippen molar-refractivity contribution in [2.24, 2.45) is 5.73 Å². The maximum atomic E-state index is 7.02. The summed E-state index contributed by atoms with van der Waals surface area (Å²) in [5.41, 5.74) is 6.39. The Bertz CT molecular complexity index is 274. The molecule has 0 aromatic heterocycles. The van der Waals surface area contributed by atoms with Gasteiger partial charge < -0.3 is 5.73 Å². The summed E-state index contributed by atoms with van der Waals surface area (Å²) >= 11 is 4.69. The molecule has 0 radical (unpaired) electrons. The molecular formula is C8H10Br2N2S. The van der Waals surface area contributed by atoms with Crippen molar-refractivity contribution in [1.29, 1.82) is 5.41 Å². The SMILES string of the molecule is Br.N=C(N)SCc1ccc(Br)cc1. The van der Waals surface area contributed by atoms with Crippen LogP contribution < -0.4 is 5.73 Å². The minimum Gasteiger partial charge on any atom is -0.379 e. The Morgan fingerprint density at radius 1 is 1.38 bits per heavy atom. The molecule has 0 aliphatic rings. The van der Waals surface area contributed by atoms with Gasteiger partial charge in [0, 0.05) is 10.2 Å². The van der Waals surface area contributed by atoms with Gasteiger partial charge >= 0.3 is 0 Å². The summed E-state index contributed by atoms with van der Waals surface area (Å²) < 4.78 is 1.07. The third-order valence-electron chi connectivity index (χ3n) is 1.31. The average Bonchev–Trinajstić information content (AvgIpc) is 2.03. The van der Waals surface area contributed by atoms with Crippen LogP contribution in [0, 0.1) is 5.41 Å². The fraction of sp³-hybridized carbons (Fsp3) is 0.125. The minimum atomic E-state index is 0. The first kappa shape index (κ1) is 13.0. The number of benzene rings is 1. The Morgan fingerprint density at radius 2 is 1.92 bits per heavy atom. The quantitative estimate of drug-likeness (QED) is 0.648. The molecule has 0 heterocycles. The molecule has 3 N–H and O–H groups in total. The number of amidine groups is 1. The zero-order valence-electron chi connectivity index (χ0n) is 6.79.